The van der Waals surface area contributed by atoms with Gasteiger partial charge in [-0.15, -0.1) is 0 Å². The van der Waals surface area contributed by atoms with Gasteiger partial charge in [0.05, 0.1) is 19.6 Å². The Labute approximate surface area is 230 Å². The van der Waals surface area contributed by atoms with Crippen LogP contribution in [0.15, 0.2) is 18.2 Å². The second-order valence-electron chi connectivity index (χ2n) is 10.4. The lowest BCUT2D eigenvalue weighted by molar-refractivity contribution is -0.159. The molecule has 2 N–H and O–H groups in total. The SMILES string of the molecule is CCCCOC(=O)Oc1ccc(C[C@H](N)C(=O)O[C@@H](C)COC(=O)CC(C)(C)C)cc1OC(=O)OCCCC. The summed E-state index contributed by atoms with van der Waals surface area (Å²) in [5.74, 6) is -1.24. The summed E-state index contributed by atoms with van der Waals surface area (Å²) in [6.07, 6.45) is 0.647. The van der Waals surface area contributed by atoms with Gasteiger partial charge in [-0.2, -0.15) is 0 Å². The minimum Gasteiger partial charge on any atom is -0.462 e. The van der Waals surface area contributed by atoms with Crippen LogP contribution in [0.5, 0.6) is 11.5 Å². The van der Waals surface area contributed by atoms with E-state index >= 15 is 0 Å². The molecule has 0 saturated carbocycles. The van der Waals surface area contributed by atoms with Gasteiger partial charge >= 0.3 is 24.2 Å². The Morgan fingerprint density at radius 1 is 0.872 bits per heavy atom. The summed E-state index contributed by atoms with van der Waals surface area (Å²) in [6, 6.07) is 3.32. The molecule has 39 heavy (non-hydrogen) atoms. The molecule has 1 aromatic rings. The molecule has 220 valence electrons. The highest BCUT2D eigenvalue weighted by Gasteiger charge is 2.23. The molecule has 0 unspecified atom stereocenters. The Bertz CT molecular complexity index is 941. The van der Waals surface area contributed by atoms with Crippen LogP contribution in [0.1, 0.15) is 79.2 Å². The van der Waals surface area contributed by atoms with E-state index in [1.165, 1.54) is 12.1 Å². The highest BCUT2D eigenvalue weighted by Crippen LogP contribution is 2.30. The normalized spacial score (nSPS) is 12.6. The maximum absolute atomic E-state index is 12.5. The van der Waals surface area contributed by atoms with E-state index in [-0.39, 0.29) is 55.5 Å². The van der Waals surface area contributed by atoms with Gasteiger partial charge in [-0.1, -0.05) is 53.5 Å². The number of hydrogen-bond donors (Lipinski definition) is 1. The van der Waals surface area contributed by atoms with Crippen molar-refractivity contribution in [1.29, 1.82) is 0 Å². The van der Waals surface area contributed by atoms with Crippen molar-refractivity contribution < 1.29 is 47.6 Å². The van der Waals surface area contributed by atoms with Crippen LogP contribution < -0.4 is 15.2 Å². The second kappa shape index (κ2) is 17.3. The molecule has 0 spiro atoms. The van der Waals surface area contributed by atoms with Gasteiger partial charge in [0.15, 0.2) is 11.5 Å². The van der Waals surface area contributed by atoms with E-state index in [1.54, 1.807) is 13.0 Å². The maximum Gasteiger partial charge on any atom is 0.513 e. The summed E-state index contributed by atoms with van der Waals surface area (Å²) in [5.41, 5.74) is 6.32. The summed E-state index contributed by atoms with van der Waals surface area (Å²) >= 11 is 0. The smallest absolute Gasteiger partial charge is 0.462 e. The molecule has 11 heteroatoms. The monoisotopic (exact) mass is 553 g/mol. The molecule has 0 radical (unpaired) electrons. The molecular formula is C28H43NO10. The molecule has 0 heterocycles. The molecule has 2 atom stereocenters. The van der Waals surface area contributed by atoms with Crippen molar-refractivity contribution >= 4 is 24.2 Å². The van der Waals surface area contributed by atoms with Crippen LogP contribution in [0.3, 0.4) is 0 Å². The van der Waals surface area contributed by atoms with Crippen molar-refractivity contribution in [3.8, 4) is 11.5 Å². The predicted octanol–water partition coefficient (Wildman–Crippen LogP) is 5.10. The standard InChI is InChI=1S/C28H43NO10/c1-7-9-13-34-26(32)38-22-12-11-20(16-23(22)39-27(33)35-14-10-8-2)15-21(29)25(31)37-19(3)18-36-24(30)17-28(4,5)6/h11-12,16,19,21H,7-10,13-15,17-18,29H2,1-6H3/t19-,21-/m0/s1. The Balaban J connectivity index is 2.83. The summed E-state index contributed by atoms with van der Waals surface area (Å²) in [6.45, 7) is 11.5. The average Bonchev–Trinajstić information content (AvgIpc) is 2.83. The van der Waals surface area contributed by atoms with Crippen molar-refractivity contribution in [1.82, 2.24) is 0 Å². The molecule has 0 amide bonds. The zero-order valence-corrected chi connectivity index (χ0v) is 23.9. The molecule has 0 aromatic heterocycles. The predicted molar refractivity (Wildman–Crippen MR) is 142 cm³/mol. The minimum absolute atomic E-state index is 0.0256. The number of esters is 2. The van der Waals surface area contributed by atoms with Crippen LogP contribution in [0, 0.1) is 5.41 Å². The molecule has 0 aliphatic heterocycles. The number of nitrogens with two attached hydrogens (primary N) is 1. The molecule has 0 aliphatic rings. The maximum atomic E-state index is 12.5. The number of hydrogen-bond acceptors (Lipinski definition) is 11. The first-order chi connectivity index (χ1) is 18.3. The van der Waals surface area contributed by atoms with Crippen LogP contribution in [0.2, 0.25) is 0 Å². The number of rotatable bonds is 15. The largest absolute Gasteiger partial charge is 0.513 e. The van der Waals surface area contributed by atoms with E-state index in [4.69, 9.17) is 34.2 Å². The minimum atomic E-state index is -1.06. The Kier molecular flexibility index (Phi) is 14.9. The Morgan fingerprint density at radius 3 is 1.97 bits per heavy atom. The summed E-state index contributed by atoms with van der Waals surface area (Å²) in [7, 11) is 0. The first-order valence-corrected chi connectivity index (χ1v) is 13.3. The van der Waals surface area contributed by atoms with Gasteiger partial charge in [0, 0.05) is 0 Å². The Hall–Kier alpha value is -3.34. The molecule has 11 nitrogen and oxygen atoms in total. The number of unbranched alkanes of at least 4 members (excludes halogenated alkanes) is 2. The number of carbonyl (C=O) groups is 4. The van der Waals surface area contributed by atoms with Crippen LogP contribution in [-0.2, 0) is 35.0 Å². The van der Waals surface area contributed by atoms with Crippen LogP contribution in [-0.4, -0.2) is 56.2 Å². The highest BCUT2D eigenvalue weighted by molar-refractivity contribution is 5.76. The van der Waals surface area contributed by atoms with Crippen molar-refractivity contribution in [3.05, 3.63) is 23.8 Å². The highest BCUT2D eigenvalue weighted by atomic mass is 16.7. The molecule has 0 fully saturated rings. The van der Waals surface area contributed by atoms with E-state index in [2.05, 4.69) is 0 Å². The van der Waals surface area contributed by atoms with Crippen molar-refractivity contribution in [2.75, 3.05) is 19.8 Å². The fraction of sp³-hybridized carbons (Fsp3) is 0.643. The first kappa shape index (κ1) is 33.7. The van der Waals surface area contributed by atoms with E-state index in [0.717, 1.165) is 12.8 Å². The third kappa shape index (κ3) is 15.0. The summed E-state index contributed by atoms with van der Waals surface area (Å²) in [4.78, 5) is 48.6. The van der Waals surface area contributed by atoms with Gasteiger partial charge in [-0.05, 0) is 49.3 Å². The van der Waals surface area contributed by atoms with E-state index in [9.17, 15) is 19.2 Å². The van der Waals surface area contributed by atoms with Crippen LogP contribution in [0.4, 0.5) is 9.59 Å². The van der Waals surface area contributed by atoms with Gasteiger partial charge in [-0.25, -0.2) is 9.59 Å². The van der Waals surface area contributed by atoms with Crippen molar-refractivity contribution in [2.45, 2.75) is 92.2 Å². The lowest BCUT2D eigenvalue weighted by Gasteiger charge is -2.19. The summed E-state index contributed by atoms with van der Waals surface area (Å²) < 4.78 is 31.0. The van der Waals surface area contributed by atoms with Gasteiger partial charge in [0.2, 0.25) is 0 Å². The van der Waals surface area contributed by atoms with Crippen molar-refractivity contribution in [2.24, 2.45) is 11.1 Å². The lowest BCUT2D eigenvalue weighted by atomic mass is 9.92. The zero-order valence-electron chi connectivity index (χ0n) is 23.9. The second-order valence-corrected chi connectivity index (χ2v) is 10.4. The van der Waals surface area contributed by atoms with Gasteiger partial charge in [0.25, 0.3) is 0 Å². The van der Waals surface area contributed by atoms with Gasteiger partial charge < -0.3 is 34.2 Å². The van der Waals surface area contributed by atoms with Crippen LogP contribution >= 0.6 is 0 Å². The van der Waals surface area contributed by atoms with Gasteiger partial charge in [-0.3, -0.25) is 9.59 Å². The molecule has 1 rings (SSSR count). The number of carbonyl (C=O) groups excluding carboxylic acids is 4. The fourth-order valence-corrected chi connectivity index (χ4v) is 3.03. The number of benzene rings is 1. The molecular weight excluding hydrogens is 510 g/mol. The molecule has 0 bridgehead atoms. The Morgan fingerprint density at radius 2 is 1.44 bits per heavy atom. The molecule has 0 aliphatic carbocycles. The van der Waals surface area contributed by atoms with E-state index in [1.807, 2.05) is 34.6 Å². The number of ether oxygens (including phenoxy) is 6. The third-order valence-corrected chi connectivity index (χ3v) is 5.06. The lowest BCUT2D eigenvalue weighted by Crippen LogP contribution is -2.37. The third-order valence-electron chi connectivity index (χ3n) is 5.06. The molecule has 1 aromatic carbocycles. The van der Waals surface area contributed by atoms with Gasteiger partial charge in [0.1, 0.15) is 18.8 Å². The van der Waals surface area contributed by atoms with Crippen molar-refractivity contribution in [3.63, 3.8) is 0 Å². The summed E-state index contributed by atoms with van der Waals surface area (Å²) in [5, 5.41) is 0. The van der Waals surface area contributed by atoms with Crippen LogP contribution in [0.25, 0.3) is 0 Å². The molecule has 0 saturated heterocycles. The van der Waals surface area contributed by atoms with E-state index < -0.39 is 30.4 Å². The topological polar surface area (TPSA) is 150 Å². The average molecular weight is 554 g/mol. The fourth-order valence-electron chi connectivity index (χ4n) is 3.03. The van der Waals surface area contributed by atoms with E-state index in [0.29, 0.717) is 18.4 Å². The quantitative estimate of drug-likeness (QED) is 0.134. The zero-order chi connectivity index (χ0) is 29.4. The first-order valence-electron chi connectivity index (χ1n) is 13.3.